The lowest BCUT2D eigenvalue weighted by Gasteiger charge is -2.13. The Morgan fingerprint density at radius 1 is 1.58 bits per heavy atom. The van der Waals surface area contributed by atoms with Crippen LogP contribution >= 0.6 is 31.9 Å². The number of hydrogen-bond donors (Lipinski definition) is 0. The van der Waals surface area contributed by atoms with Crippen molar-refractivity contribution >= 4 is 37.8 Å². The summed E-state index contributed by atoms with van der Waals surface area (Å²) in [6.45, 7) is 2.21. The second-order valence-electron chi connectivity index (χ2n) is 2.32. The zero-order chi connectivity index (χ0) is 9.56. The number of rotatable bonds is 5. The lowest BCUT2D eigenvalue weighted by Crippen LogP contribution is -2.26. The molecule has 5 heteroatoms. The van der Waals surface area contributed by atoms with E-state index in [2.05, 4.69) is 31.9 Å². The Labute approximate surface area is 89.1 Å². The van der Waals surface area contributed by atoms with Crippen molar-refractivity contribution in [2.45, 2.75) is 17.9 Å². The third-order valence-electron chi connectivity index (χ3n) is 1.11. The normalized spacial score (nSPS) is 15.3. The van der Waals surface area contributed by atoms with E-state index >= 15 is 0 Å². The van der Waals surface area contributed by atoms with Gasteiger partial charge in [0.25, 0.3) is 0 Å². The Kier molecular flexibility index (Phi) is 7.08. The van der Waals surface area contributed by atoms with E-state index in [0.29, 0.717) is 11.9 Å². The van der Waals surface area contributed by atoms with Crippen molar-refractivity contribution in [3.8, 4) is 0 Å². The highest BCUT2D eigenvalue weighted by molar-refractivity contribution is 9.12. The number of carbonyl (C=O) groups is 1. The first-order chi connectivity index (χ1) is 5.61. The summed E-state index contributed by atoms with van der Waals surface area (Å²) in [6, 6.07) is 0. The minimum atomic E-state index is -0.281. The van der Waals surface area contributed by atoms with Crippen molar-refractivity contribution in [3.05, 3.63) is 0 Å². The minimum Gasteiger partial charge on any atom is -0.459 e. The molecule has 3 nitrogen and oxygen atoms in total. The van der Waals surface area contributed by atoms with E-state index in [-0.39, 0.29) is 16.9 Å². The van der Waals surface area contributed by atoms with Crippen LogP contribution in [-0.2, 0) is 14.3 Å². The van der Waals surface area contributed by atoms with E-state index < -0.39 is 0 Å². The standard InChI is InChI=1S/C7H12Br2O3/c1-5(4-11-2)12-7(10)6(9)3-8/h5-6H,3-4H2,1-2H3. The van der Waals surface area contributed by atoms with Gasteiger partial charge < -0.3 is 9.47 Å². The van der Waals surface area contributed by atoms with Crippen LogP contribution in [0.1, 0.15) is 6.92 Å². The SMILES string of the molecule is COCC(C)OC(=O)C(Br)CBr. The van der Waals surface area contributed by atoms with Gasteiger partial charge in [-0.1, -0.05) is 31.9 Å². The second-order valence-corrected chi connectivity index (χ2v) is 4.08. The molecule has 2 unspecified atom stereocenters. The van der Waals surface area contributed by atoms with Crippen LogP contribution in [-0.4, -0.2) is 35.9 Å². The first-order valence-electron chi connectivity index (χ1n) is 3.51. The largest absolute Gasteiger partial charge is 0.459 e. The smallest absolute Gasteiger partial charge is 0.320 e. The van der Waals surface area contributed by atoms with Gasteiger partial charge in [0.1, 0.15) is 10.9 Å². The molecule has 0 spiro atoms. The Balaban J connectivity index is 3.67. The monoisotopic (exact) mass is 302 g/mol. The Bertz CT molecular complexity index is 141. The average molecular weight is 304 g/mol. The fourth-order valence-corrected chi connectivity index (χ4v) is 0.976. The topological polar surface area (TPSA) is 35.5 Å². The molecular weight excluding hydrogens is 292 g/mol. The molecule has 12 heavy (non-hydrogen) atoms. The molecule has 0 radical (unpaired) electrons. The molecule has 0 bridgehead atoms. The van der Waals surface area contributed by atoms with Crippen LogP contribution in [0, 0.1) is 0 Å². The highest BCUT2D eigenvalue weighted by Crippen LogP contribution is 2.07. The Hall–Kier alpha value is 0.390. The van der Waals surface area contributed by atoms with Crippen molar-refractivity contribution < 1.29 is 14.3 Å². The molecular formula is C7H12Br2O3. The summed E-state index contributed by atoms with van der Waals surface area (Å²) in [6.07, 6.45) is -0.193. The number of alkyl halides is 2. The number of esters is 1. The maximum Gasteiger partial charge on any atom is 0.320 e. The predicted molar refractivity (Wildman–Crippen MR) is 53.9 cm³/mol. The summed E-state index contributed by atoms with van der Waals surface area (Å²) < 4.78 is 9.82. The minimum absolute atomic E-state index is 0.193. The zero-order valence-electron chi connectivity index (χ0n) is 7.05. The molecule has 72 valence electrons. The number of hydrogen-bond acceptors (Lipinski definition) is 3. The molecule has 0 aromatic heterocycles. The van der Waals surface area contributed by atoms with Crippen LogP contribution in [0.25, 0.3) is 0 Å². The van der Waals surface area contributed by atoms with Crippen LogP contribution < -0.4 is 0 Å². The van der Waals surface area contributed by atoms with Gasteiger partial charge in [-0.3, -0.25) is 4.79 Å². The van der Waals surface area contributed by atoms with Crippen LogP contribution in [0.3, 0.4) is 0 Å². The summed E-state index contributed by atoms with van der Waals surface area (Å²) in [5.41, 5.74) is 0. The predicted octanol–water partition coefficient (Wildman–Crippen LogP) is 1.72. The quantitative estimate of drug-likeness (QED) is 0.573. The van der Waals surface area contributed by atoms with E-state index in [1.54, 1.807) is 14.0 Å². The van der Waals surface area contributed by atoms with Gasteiger partial charge in [-0.05, 0) is 6.92 Å². The third-order valence-corrected chi connectivity index (χ3v) is 3.32. The molecule has 0 saturated carbocycles. The molecule has 2 atom stereocenters. The van der Waals surface area contributed by atoms with E-state index in [4.69, 9.17) is 9.47 Å². The highest BCUT2D eigenvalue weighted by Gasteiger charge is 2.17. The van der Waals surface area contributed by atoms with Gasteiger partial charge in [-0.15, -0.1) is 0 Å². The van der Waals surface area contributed by atoms with Gasteiger partial charge >= 0.3 is 5.97 Å². The Morgan fingerprint density at radius 3 is 2.58 bits per heavy atom. The van der Waals surface area contributed by atoms with Gasteiger partial charge in [-0.25, -0.2) is 0 Å². The molecule has 0 amide bonds. The molecule has 0 aliphatic heterocycles. The molecule has 0 heterocycles. The fraction of sp³-hybridized carbons (Fsp3) is 0.857. The molecule has 0 rings (SSSR count). The summed E-state index contributed by atoms with van der Waals surface area (Å²) >= 11 is 6.32. The van der Waals surface area contributed by atoms with Crippen molar-refractivity contribution in [1.82, 2.24) is 0 Å². The number of ether oxygens (including phenoxy) is 2. The summed E-state index contributed by atoms with van der Waals surface area (Å²) in [5.74, 6) is -0.267. The first-order valence-corrected chi connectivity index (χ1v) is 5.55. The lowest BCUT2D eigenvalue weighted by atomic mass is 10.4. The second kappa shape index (κ2) is 6.86. The Morgan fingerprint density at radius 2 is 2.17 bits per heavy atom. The molecule has 0 aromatic rings. The first kappa shape index (κ1) is 12.4. The summed E-state index contributed by atoms with van der Waals surface area (Å²) in [7, 11) is 1.57. The molecule has 0 saturated heterocycles. The highest BCUT2D eigenvalue weighted by atomic mass is 79.9. The number of methoxy groups -OCH3 is 1. The summed E-state index contributed by atoms with van der Waals surface area (Å²) in [5, 5.41) is 0.547. The molecule has 0 aliphatic carbocycles. The average Bonchev–Trinajstić information content (AvgIpc) is 2.03. The van der Waals surface area contributed by atoms with Gasteiger partial charge in [-0.2, -0.15) is 0 Å². The van der Waals surface area contributed by atoms with E-state index in [0.717, 1.165) is 0 Å². The zero-order valence-corrected chi connectivity index (χ0v) is 10.2. The van der Waals surface area contributed by atoms with E-state index in [1.807, 2.05) is 0 Å². The van der Waals surface area contributed by atoms with Crippen LogP contribution in [0.15, 0.2) is 0 Å². The lowest BCUT2D eigenvalue weighted by molar-refractivity contribution is -0.149. The number of halogens is 2. The van der Waals surface area contributed by atoms with Gasteiger partial charge in [0, 0.05) is 12.4 Å². The molecule has 0 aliphatic rings. The number of carbonyl (C=O) groups excluding carboxylic acids is 1. The fourth-order valence-electron chi connectivity index (χ4n) is 0.604. The maximum absolute atomic E-state index is 11.1. The van der Waals surface area contributed by atoms with E-state index in [9.17, 15) is 4.79 Å². The van der Waals surface area contributed by atoms with Gasteiger partial charge in [0.2, 0.25) is 0 Å². The van der Waals surface area contributed by atoms with Crippen LogP contribution in [0.4, 0.5) is 0 Å². The van der Waals surface area contributed by atoms with Crippen molar-refractivity contribution in [2.24, 2.45) is 0 Å². The summed E-state index contributed by atoms with van der Waals surface area (Å²) in [4.78, 5) is 10.8. The van der Waals surface area contributed by atoms with Gasteiger partial charge in [0.15, 0.2) is 0 Å². The van der Waals surface area contributed by atoms with Crippen molar-refractivity contribution in [3.63, 3.8) is 0 Å². The van der Waals surface area contributed by atoms with Crippen molar-refractivity contribution in [1.29, 1.82) is 0 Å². The van der Waals surface area contributed by atoms with E-state index in [1.165, 1.54) is 0 Å². The van der Waals surface area contributed by atoms with Crippen LogP contribution in [0.5, 0.6) is 0 Å². The van der Waals surface area contributed by atoms with Crippen molar-refractivity contribution in [2.75, 3.05) is 19.0 Å². The third kappa shape index (κ3) is 5.11. The molecule has 0 aromatic carbocycles. The molecule has 0 N–H and O–H groups in total. The molecule has 0 fully saturated rings. The maximum atomic E-state index is 11.1. The van der Waals surface area contributed by atoms with Crippen LogP contribution in [0.2, 0.25) is 0 Å². The van der Waals surface area contributed by atoms with Gasteiger partial charge in [0.05, 0.1) is 6.61 Å².